The lowest BCUT2D eigenvalue weighted by atomic mass is 10.1. The Morgan fingerprint density at radius 3 is 2.25 bits per heavy atom. The predicted octanol–water partition coefficient (Wildman–Crippen LogP) is 2.78. The van der Waals surface area contributed by atoms with Gasteiger partial charge in [0.25, 0.3) is 0 Å². The standard InChI is InChI=1S/C11H23F3N2/c1-3-7-16(9-11(12,13)14)8-5-4-6-10(2)15/h10H,3-9,15H2,1-2H3. The van der Waals surface area contributed by atoms with Crippen LogP contribution in [0, 0.1) is 0 Å². The van der Waals surface area contributed by atoms with Gasteiger partial charge in [-0.1, -0.05) is 13.3 Å². The summed E-state index contributed by atoms with van der Waals surface area (Å²) >= 11 is 0. The first kappa shape index (κ1) is 15.7. The van der Waals surface area contributed by atoms with Crippen LogP contribution in [0.25, 0.3) is 0 Å². The third-order valence-corrected chi connectivity index (χ3v) is 2.33. The largest absolute Gasteiger partial charge is 0.401 e. The molecule has 0 fully saturated rings. The molecule has 98 valence electrons. The lowest BCUT2D eigenvalue weighted by Gasteiger charge is -2.23. The molecule has 0 aliphatic heterocycles. The van der Waals surface area contributed by atoms with Crippen LogP contribution < -0.4 is 5.73 Å². The first-order valence-corrected chi connectivity index (χ1v) is 5.90. The van der Waals surface area contributed by atoms with Crippen LogP contribution in [-0.2, 0) is 0 Å². The molecule has 0 aromatic rings. The number of hydrogen-bond acceptors (Lipinski definition) is 2. The van der Waals surface area contributed by atoms with E-state index in [4.69, 9.17) is 5.73 Å². The molecule has 2 N–H and O–H groups in total. The van der Waals surface area contributed by atoms with E-state index in [9.17, 15) is 13.2 Å². The van der Waals surface area contributed by atoms with Crippen LogP contribution in [0.3, 0.4) is 0 Å². The van der Waals surface area contributed by atoms with E-state index >= 15 is 0 Å². The van der Waals surface area contributed by atoms with Crippen LogP contribution in [0.15, 0.2) is 0 Å². The lowest BCUT2D eigenvalue weighted by molar-refractivity contribution is -0.146. The molecule has 0 aliphatic carbocycles. The molecule has 0 radical (unpaired) electrons. The van der Waals surface area contributed by atoms with E-state index in [1.54, 1.807) is 0 Å². The zero-order chi connectivity index (χ0) is 12.6. The highest BCUT2D eigenvalue weighted by atomic mass is 19.4. The first-order valence-electron chi connectivity index (χ1n) is 5.90. The van der Waals surface area contributed by atoms with Gasteiger partial charge >= 0.3 is 6.18 Å². The van der Waals surface area contributed by atoms with Crippen molar-refractivity contribution in [3.63, 3.8) is 0 Å². The molecule has 0 saturated heterocycles. The Bertz CT molecular complexity index is 169. The summed E-state index contributed by atoms with van der Waals surface area (Å²) < 4.78 is 36.6. The van der Waals surface area contributed by atoms with E-state index in [-0.39, 0.29) is 6.04 Å². The maximum atomic E-state index is 12.2. The van der Waals surface area contributed by atoms with Crippen molar-refractivity contribution in [1.29, 1.82) is 0 Å². The smallest absolute Gasteiger partial charge is 0.328 e. The van der Waals surface area contributed by atoms with Crippen molar-refractivity contribution in [2.45, 2.75) is 51.7 Å². The molecule has 1 unspecified atom stereocenters. The number of hydrogen-bond donors (Lipinski definition) is 1. The SMILES string of the molecule is CCCN(CCCCC(C)N)CC(F)(F)F. The Kier molecular flexibility index (Phi) is 7.76. The van der Waals surface area contributed by atoms with Crippen molar-refractivity contribution >= 4 is 0 Å². The number of nitrogens with two attached hydrogens (primary N) is 1. The molecule has 1 atom stereocenters. The predicted molar refractivity (Wildman–Crippen MR) is 60.3 cm³/mol. The van der Waals surface area contributed by atoms with Crippen molar-refractivity contribution in [2.24, 2.45) is 5.73 Å². The summed E-state index contributed by atoms with van der Waals surface area (Å²) in [7, 11) is 0. The molecule has 0 saturated carbocycles. The highest BCUT2D eigenvalue weighted by Gasteiger charge is 2.29. The molecule has 0 aromatic carbocycles. The van der Waals surface area contributed by atoms with Crippen LogP contribution in [0.4, 0.5) is 13.2 Å². The molecule has 0 bridgehead atoms. The fourth-order valence-corrected chi connectivity index (χ4v) is 1.64. The second-order valence-corrected chi connectivity index (χ2v) is 4.36. The monoisotopic (exact) mass is 240 g/mol. The van der Waals surface area contributed by atoms with Crippen molar-refractivity contribution < 1.29 is 13.2 Å². The summed E-state index contributed by atoms with van der Waals surface area (Å²) in [6.45, 7) is 4.04. The maximum absolute atomic E-state index is 12.2. The van der Waals surface area contributed by atoms with Gasteiger partial charge in [-0.15, -0.1) is 0 Å². The van der Waals surface area contributed by atoms with Gasteiger partial charge in [-0.25, -0.2) is 0 Å². The molecule has 0 spiro atoms. The van der Waals surface area contributed by atoms with Gasteiger partial charge in [0.05, 0.1) is 6.54 Å². The molecule has 2 nitrogen and oxygen atoms in total. The molecule has 0 amide bonds. The lowest BCUT2D eigenvalue weighted by Crippen LogP contribution is -2.35. The van der Waals surface area contributed by atoms with Crippen LogP contribution in [0.1, 0.15) is 39.5 Å². The Hall–Kier alpha value is -0.290. The number of unbranched alkanes of at least 4 members (excludes halogenated alkanes) is 1. The van der Waals surface area contributed by atoms with Crippen molar-refractivity contribution in [2.75, 3.05) is 19.6 Å². The number of alkyl halides is 3. The van der Waals surface area contributed by atoms with Crippen molar-refractivity contribution in [3.05, 3.63) is 0 Å². The molecule has 0 aromatic heterocycles. The topological polar surface area (TPSA) is 29.3 Å². The third-order valence-electron chi connectivity index (χ3n) is 2.33. The second-order valence-electron chi connectivity index (χ2n) is 4.36. The Morgan fingerprint density at radius 2 is 1.81 bits per heavy atom. The van der Waals surface area contributed by atoms with Gasteiger partial charge in [0.2, 0.25) is 0 Å². The molecule has 0 heterocycles. The molecule has 16 heavy (non-hydrogen) atoms. The van der Waals surface area contributed by atoms with Gasteiger partial charge in [-0.2, -0.15) is 13.2 Å². The Labute approximate surface area is 96.0 Å². The van der Waals surface area contributed by atoms with Crippen molar-refractivity contribution in [1.82, 2.24) is 4.90 Å². The zero-order valence-electron chi connectivity index (χ0n) is 10.2. The summed E-state index contributed by atoms with van der Waals surface area (Å²) in [5.41, 5.74) is 5.58. The summed E-state index contributed by atoms with van der Waals surface area (Å²) in [4.78, 5) is 1.47. The van der Waals surface area contributed by atoms with Gasteiger partial charge in [-0.05, 0) is 39.3 Å². The van der Waals surface area contributed by atoms with Crippen LogP contribution in [0.5, 0.6) is 0 Å². The summed E-state index contributed by atoms with van der Waals surface area (Å²) in [6, 6.07) is 0.141. The van der Waals surface area contributed by atoms with Gasteiger partial charge in [-0.3, -0.25) is 4.90 Å². The minimum Gasteiger partial charge on any atom is -0.328 e. The van der Waals surface area contributed by atoms with Gasteiger partial charge in [0.15, 0.2) is 0 Å². The van der Waals surface area contributed by atoms with Crippen LogP contribution >= 0.6 is 0 Å². The first-order chi connectivity index (χ1) is 7.35. The highest BCUT2D eigenvalue weighted by molar-refractivity contribution is 4.63. The summed E-state index contributed by atoms with van der Waals surface area (Å²) in [5.74, 6) is 0. The van der Waals surface area contributed by atoms with Gasteiger partial charge in [0.1, 0.15) is 0 Å². The number of rotatable bonds is 8. The minimum atomic E-state index is -4.09. The van der Waals surface area contributed by atoms with E-state index in [2.05, 4.69) is 0 Å². The fraction of sp³-hybridized carbons (Fsp3) is 1.00. The van der Waals surface area contributed by atoms with E-state index in [0.29, 0.717) is 13.1 Å². The molecule has 5 heteroatoms. The van der Waals surface area contributed by atoms with E-state index in [1.165, 1.54) is 4.90 Å². The minimum absolute atomic E-state index is 0.141. The normalized spacial score (nSPS) is 14.4. The quantitative estimate of drug-likeness (QED) is 0.661. The van der Waals surface area contributed by atoms with Crippen LogP contribution in [-0.4, -0.2) is 36.8 Å². The van der Waals surface area contributed by atoms with E-state index in [0.717, 1.165) is 25.7 Å². The fourth-order valence-electron chi connectivity index (χ4n) is 1.64. The highest BCUT2D eigenvalue weighted by Crippen LogP contribution is 2.17. The average Bonchev–Trinajstić information content (AvgIpc) is 2.09. The van der Waals surface area contributed by atoms with E-state index in [1.807, 2.05) is 13.8 Å². The Balaban J connectivity index is 3.76. The summed E-state index contributed by atoms with van der Waals surface area (Å²) in [5, 5.41) is 0. The molecular weight excluding hydrogens is 217 g/mol. The van der Waals surface area contributed by atoms with Gasteiger partial charge in [0, 0.05) is 6.04 Å². The molecule has 0 aliphatic rings. The molecule has 0 rings (SSSR count). The number of halogens is 3. The van der Waals surface area contributed by atoms with E-state index < -0.39 is 12.7 Å². The van der Waals surface area contributed by atoms with Crippen LogP contribution in [0.2, 0.25) is 0 Å². The molecular formula is C11H23F3N2. The summed E-state index contributed by atoms with van der Waals surface area (Å²) in [6.07, 6.45) is -0.765. The number of nitrogens with zero attached hydrogens (tertiary/aromatic N) is 1. The zero-order valence-corrected chi connectivity index (χ0v) is 10.2. The van der Waals surface area contributed by atoms with Gasteiger partial charge < -0.3 is 5.73 Å². The Morgan fingerprint density at radius 1 is 1.19 bits per heavy atom. The third kappa shape index (κ3) is 10.2. The average molecular weight is 240 g/mol. The van der Waals surface area contributed by atoms with Crippen molar-refractivity contribution in [3.8, 4) is 0 Å². The second kappa shape index (κ2) is 7.90. The maximum Gasteiger partial charge on any atom is 0.401 e.